The third kappa shape index (κ3) is 4.45. The Hall–Kier alpha value is -3.07. The Kier molecular flexibility index (Phi) is 5.15. The molecule has 0 atom stereocenters. The molecule has 1 N–H and O–H groups in total. The number of benzene rings is 1. The summed E-state index contributed by atoms with van der Waals surface area (Å²) in [6.45, 7) is -0.567. The molecule has 1 aromatic heterocycles. The van der Waals surface area contributed by atoms with Gasteiger partial charge in [-0.15, -0.1) is 0 Å². The monoisotopic (exact) mass is 336 g/mol. The van der Waals surface area contributed by atoms with Crippen molar-refractivity contribution in [3.05, 3.63) is 57.6 Å². The number of hydrogen-bond donors (Lipinski definition) is 1. The first-order valence-electron chi connectivity index (χ1n) is 6.14. The maximum Gasteiger partial charge on any atom is 0.359 e. The van der Waals surface area contributed by atoms with Gasteiger partial charge in [0.1, 0.15) is 0 Å². The number of esters is 1. The van der Waals surface area contributed by atoms with Crippen LogP contribution in [0.2, 0.25) is 5.02 Å². The Morgan fingerprint density at radius 1 is 1.35 bits per heavy atom. The molecule has 1 aromatic carbocycles. The van der Waals surface area contributed by atoms with E-state index in [2.05, 4.69) is 15.3 Å². The molecule has 0 spiro atoms. The van der Waals surface area contributed by atoms with Crippen molar-refractivity contribution in [3.63, 3.8) is 0 Å². The number of nitro groups is 1. The third-order valence-electron chi connectivity index (χ3n) is 2.54. The fourth-order valence-electron chi connectivity index (χ4n) is 1.51. The minimum Gasteiger partial charge on any atom is -0.451 e. The molecule has 0 radical (unpaired) electrons. The third-order valence-corrected chi connectivity index (χ3v) is 2.86. The fourth-order valence-corrected chi connectivity index (χ4v) is 1.74. The molecule has 0 bridgehead atoms. The first-order chi connectivity index (χ1) is 11.0. The minimum atomic E-state index is -0.803. The van der Waals surface area contributed by atoms with Gasteiger partial charge in [0.05, 0.1) is 21.8 Å². The van der Waals surface area contributed by atoms with Crippen LogP contribution in [-0.4, -0.2) is 33.4 Å². The van der Waals surface area contributed by atoms with Crippen LogP contribution in [0.3, 0.4) is 0 Å². The van der Waals surface area contributed by atoms with Crippen molar-refractivity contribution in [1.82, 2.24) is 9.97 Å². The molecule has 0 fully saturated rings. The zero-order chi connectivity index (χ0) is 16.8. The molecular formula is C13H9ClN4O5. The van der Waals surface area contributed by atoms with Gasteiger partial charge in [0.25, 0.3) is 11.6 Å². The van der Waals surface area contributed by atoms with Crippen molar-refractivity contribution < 1.29 is 19.2 Å². The van der Waals surface area contributed by atoms with Crippen LogP contribution in [0.5, 0.6) is 0 Å². The summed E-state index contributed by atoms with van der Waals surface area (Å²) in [5.74, 6) is -1.46. The molecule has 118 valence electrons. The Balaban J connectivity index is 1.92. The number of anilines is 1. The van der Waals surface area contributed by atoms with Crippen molar-refractivity contribution in [2.75, 3.05) is 11.9 Å². The number of carbonyl (C=O) groups excluding carboxylic acids is 2. The number of rotatable bonds is 5. The first-order valence-corrected chi connectivity index (χ1v) is 6.52. The number of halogens is 1. The molecule has 0 aliphatic heterocycles. The molecule has 1 heterocycles. The summed E-state index contributed by atoms with van der Waals surface area (Å²) in [6.07, 6.45) is 3.90. The molecule has 0 aliphatic carbocycles. The Morgan fingerprint density at radius 2 is 2.13 bits per heavy atom. The fraction of sp³-hybridized carbons (Fsp3) is 0.0769. The summed E-state index contributed by atoms with van der Waals surface area (Å²) in [5.41, 5.74) is -0.0754. The lowest BCUT2D eigenvalue weighted by Crippen LogP contribution is -2.21. The number of nitrogens with zero attached hydrogens (tertiary/aromatic N) is 3. The van der Waals surface area contributed by atoms with E-state index < -0.39 is 23.4 Å². The quantitative estimate of drug-likeness (QED) is 0.501. The second kappa shape index (κ2) is 7.27. The number of non-ortho nitro benzene ring substituents is 1. The van der Waals surface area contributed by atoms with Crippen LogP contribution in [0.15, 0.2) is 36.8 Å². The molecular weight excluding hydrogens is 328 g/mol. The van der Waals surface area contributed by atoms with Crippen LogP contribution in [0, 0.1) is 10.1 Å². The Bertz CT molecular complexity index is 753. The van der Waals surface area contributed by atoms with Gasteiger partial charge in [-0.3, -0.25) is 19.9 Å². The lowest BCUT2D eigenvalue weighted by Gasteiger charge is -2.07. The maximum absolute atomic E-state index is 11.7. The van der Waals surface area contributed by atoms with Crippen LogP contribution in [0.4, 0.5) is 11.4 Å². The molecule has 2 aromatic rings. The van der Waals surface area contributed by atoms with E-state index in [-0.39, 0.29) is 22.1 Å². The highest BCUT2D eigenvalue weighted by Crippen LogP contribution is 2.26. The predicted molar refractivity (Wildman–Crippen MR) is 79.1 cm³/mol. The Labute approximate surface area is 134 Å². The predicted octanol–water partition coefficient (Wildman–Crippen LogP) is 1.83. The van der Waals surface area contributed by atoms with Gasteiger partial charge >= 0.3 is 5.97 Å². The van der Waals surface area contributed by atoms with Gasteiger partial charge in [-0.2, -0.15) is 0 Å². The second-order valence-electron chi connectivity index (χ2n) is 4.14. The summed E-state index contributed by atoms with van der Waals surface area (Å²) in [5, 5.41) is 13.0. The molecule has 0 saturated carbocycles. The molecule has 9 nitrogen and oxygen atoms in total. The normalized spacial score (nSPS) is 9.96. The summed E-state index contributed by atoms with van der Waals surface area (Å²) in [7, 11) is 0. The van der Waals surface area contributed by atoms with E-state index in [9.17, 15) is 19.7 Å². The first kappa shape index (κ1) is 16.3. The maximum atomic E-state index is 11.7. The lowest BCUT2D eigenvalue weighted by molar-refractivity contribution is -0.384. The minimum absolute atomic E-state index is 0.00666. The van der Waals surface area contributed by atoms with Crippen LogP contribution in [0.25, 0.3) is 0 Å². The van der Waals surface area contributed by atoms with Gasteiger partial charge in [-0.1, -0.05) is 11.6 Å². The van der Waals surface area contributed by atoms with Crippen molar-refractivity contribution in [1.29, 1.82) is 0 Å². The largest absolute Gasteiger partial charge is 0.451 e. The number of aromatic nitrogens is 2. The van der Waals surface area contributed by atoms with Crippen LogP contribution >= 0.6 is 11.6 Å². The number of amides is 1. The SMILES string of the molecule is O=C(COC(=O)c1cnccn1)Nc1ccc([N+](=O)[O-])cc1Cl. The zero-order valence-electron chi connectivity index (χ0n) is 11.4. The number of ether oxygens (including phenoxy) is 1. The van der Waals surface area contributed by atoms with E-state index in [0.717, 1.165) is 6.07 Å². The number of hydrogen-bond acceptors (Lipinski definition) is 7. The van der Waals surface area contributed by atoms with Crippen molar-refractivity contribution in [2.24, 2.45) is 0 Å². The van der Waals surface area contributed by atoms with E-state index in [1.165, 1.54) is 30.7 Å². The molecule has 0 unspecified atom stereocenters. The standard InChI is InChI=1S/C13H9ClN4O5/c14-9-5-8(18(21)22)1-2-10(9)17-12(19)7-23-13(20)11-6-15-3-4-16-11/h1-6H,7H2,(H,17,19). The summed E-state index contributed by atoms with van der Waals surface area (Å²) in [6, 6.07) is 3.57. The highest BCUT2D eigenvalue weighted by Gasteiger charge is 2.14. The average Bonchev–Trinajstić information content (AvgIpc) is 2.55. The second-order valence-corrected chi connectivity index (χ2v) is 4.54. The molecule has 0 aliphatic rings. The molecule has 2 rings (SSSR count). The van der Waals surface area contributed by atoms with Crippen molar-refractivity contribution in [3.8, 4) is 0 Å². The van der Waals surface area contributed by atoms with E-state index in [4.69, 9.17) is 16.3 Å². The van der Waals surface area contributed by atoms with Gasteiger partial charge in [0.15, 0.2) is 12.3 Å². The van der Waals surface area contributed by atoms with Crippen LogP contribution in [-0.2, 0) is 9.53 Å². The summed E-state index contributed by atoms with van der Waals surface area (Å²) < 4.78 is 4.76. The van der Waals surface area contributed by atoms with Gasteiger partial charge < -0.3 is 10.1 Å². The molecule has 10 heteroatoms. The van der Waals surface area contributed by atoms with Crippen LogP contribution < -0.4 is 5.32 Å². The highest BCUT2D eigenvalue weighted by molar-refractivity contribution is 6.34. The van der Waals surface area contributed by atoms with E-state index in [1.54, 1.807) is 0 Å². The van der Waals surface area contributed by atoms with Crippen molar-refractivity contribution in [2.45, 2.75) is 0 Å². The molecule has 23 heavy (non-hydrogen) atoms. The molecule has 0 saturated heterocycles. The van der Waals surface area contributed by atoms with Gasteiger partial charge in [-0.25, -0.2) is 9.78 Å². The number of nitro benzene ring substituents is 1. The summed E-state index contributed by atoms with van der Waals surface area (Å²) in [4.78, 5) is 40.7. The summed E-state index contributed by atoms with van der Waals surface area (Å²) >= 11 is 5.83. The van der Waals surface area contributed by atoms with Gasteiger partial charge in [0.2, 0.25) is 0 Å². The topological polar surface area (TPSA) is 124 Å². The smallest absolute Gasteiger partial charge is 0.359 e. The van der Waals surface area contributed by atoms with E-state index in [0.29, 0.717) is 0 Å². The Morgan fingerprint density at radius 3 is 2.74 bits per heavy atom. The highest BCUT2D eigenvalue weighted by atomic mass is 35.5. The zero-order valence-corrected chi connectivity index (χ0v) is 12.2. The number of carbonyl (C=O) groups is 2. The van der Waals surface area contributed by atoms with E-state index in [1.807, 2.05) is 0 Å². The number of nitrogens with one attached hydrogen (secondary N) is 1. The van der Waals surface area contributed by atoms with Gasteiger partial charge in [-0.05, 0) is 6.07 Å². The average molecular weight is 337 g/mol. The van der Waals surface area contributed by atoms with E-state index >= 15 is 0 Å². The van der Waals surface area contributed by atoms with Gasteiger partial charge in [0, 0.05) is 24.5 Å². The lowest BCUT2D eigenvalue weighted by atomic mass is 10.3. The van der Waals surface area contributed by atoms with Crippen molar-refractivity contribution >= 4 is 34.9 Å². The van der Waals surface area contributed by atoms with Crippen LogP contribution in [0.1, 0.15) is 10.5 Å². The molecule has 1 amide bonds.